The minimum Gasteiger partial charge on any atom is -0.347 e. The summed E-state index contributed by atoms with van der Waals surface area (Å²) in [4.78, 5) is 6.46. The maximum Gasteiger partial charge on any atom is 0.140 e. The van der Waals surface area contributed by atoms with Crippen molar-refractivity contribution in [1.82, 2.24) is 4.90 Å². The van der Waals surface area contributed by atoms with Crippen molar-refractivity contribution in [1.29, 1.82) is 0 Å². The van der Waals surface area contributed by atoms with Gasteiger partial charge in [0, 0.05) is 18.5 Å². The van der Waals surface area contributed by atoms with E-state index in [2.05, 4.69) is 28.2 Å². The van der Waals surface area contributed by atoms with Crippen molar-refractivity contribution in [2.45, 2.75) is 19.1 Å². The van der Waals surface area contributed by atoms with Crippen LogP contribution >= 0.6 is 0 Å². The van der Waals surface area contributed by atoms with Crippen LogP contribution in [0.5, 0.6) is 0 Å². The second-order valence-electron chi connectivity index (χ2n) is 3.22. The zero-order valence-electron chi connectivity index (χ0n) is 7.14. The van der Waals surface area contributed by atoms with Gasteiger partial charge in [-0.1, -0.05) is 6.08 Å². The number of rotatable bonds is 1. The molecule has 2 aliphatic rings. The summed E-state index contributed by atoms with van der Waals surface area (Å²) in [7, 11) is 0. The fraction of sp³-hybridized carbons (Fsp3) is 0.444. The summed E-state index contributed by atoms with van der Waals surface area (Å²) in [6.45, 7) is 2.90. The Kier molecular flexibility index (Phi) is 1.73. The van der Waals surface area contributed by atoms with Gasteiger partial charge in [0.25, 0.3) is 0 Å². The SMILES string of the molecule is C[C@H](N)C1=CN2CC=NC2C=C1. The fourth-order valence-corrected chi connectivity index (χ4v) is 1.43. The molecule has 0 saturated carbocycles. The Hall–Kier alpha value is -1.09. The van der Waals surface area contributed by atoms with Crippen LogP contribution in [0.3, 0.4) is 0 Å². The lowest BCUT2D eigenvalue weighted by Crippen LogP contribution is -2.29. The van der Waals surface area contributed by atoms with Crippen LogP contribution in [0.4, 0.5) is 0 Å². The molecule has 0 radical (unpaired) electrons. The zero-order chi connectivity index (χ0) is 8.55. The molecule has 3 heteroatoms. The lowest BCUT2D eigenvalue weighted by molar-refractivity contribution is 0.388. The zero-order valence-corrected chi connectivity index (χ0v) is 7.14. The molecule has 3 nitrogen and oxygen atoms in total. The standard InChI is InChI=1S/C9H13N3/c1-7(10)8-2-3-9-11-4-5-12(9)6-8/h2-4,6-7,9H,5,10H2,1H3/t7-,9?/m0/s1. The molecule has 0 fully saturated rings. The van der Waals surface area contributed by atoms with Crippen molar-refractivity contribution in [3.05, 3.63) is 23.9 Å². The van der Waals surface area contributed by atoms with Crippen LogP contribution in [0.25, 0.3) is 0 Å². The third-order valence-electron chi connectivity index (χ3n) is 2.19. The van der Waals surface area contributed by atoms with Gasteiger partial charge in [-0.05, 0) is 18.6 Å². The van der Waals surface area contributed by atoms with Crippen molar-refractivity contribution in [3.63, 3.8) is 0 Å². The molecular formula is C9H13N3. The molecule has 0 aliphatic carbocycles. The van der Waals surface area contributed by atoms with Crippen molar-refractivity contribution in [2.24, 2.45) is 10.7 Å². The average Bonchev–Trinajstić information content (AvgIpc) is 2.49. The summed E-state index contributed by atoms with van der Waals surface area (Å²) in [5, 5.41) is 0. The van der Waals surface area contributed by atoms with Crippen molar-refractivity contribution in [2.75, 3.05) is 6.54 Å². The smallest absolute Gasteiger partial charge is 0.140 e. The molecule has 0 aromatic rings. The minimum atomic E-state index is 0.114. The van der Waals surface area contributed by atoms with Gasteiger partial charge in [0.05, 0.1) is 6.54 Å². The van der Waals surface area contributed by atoms with Crippen LogP contribution in [-0.2, 0) is 0 Å². The van der Waals surface area contributed by atoms with E-state index in [-0.39, 0.29) is 12.2 Å². The predicted octanol–water partition coefficient (Wildman–Crippen LogP) is 0.500. The van der Waals surface area contributed by atoms with Crippen LogP contribution in [0.2, 0.25) is 0 Å². The lowest BCUT2D eigenvalue weighted by Gasteiger charge is -2.24. The van der Waals surface area contributed by atoms with Crippen molar-refractivity contribution < 1.29 is 0 Å². The average molecular weight is 163 g/mol. The molecule has 1 unspecified atom stereocenters. The number of hydrogen-bond acceptors (Lipinski definition) is 3. The molecule has 0 amide bonds. The molecule has 2 aliphatic heterocycles. The first-order valence-electron chi connectivity index (χ1n) is 4.20. The molecule has 0 aromatic carbocycles. The van der Waals surface area contributed by atoms with E-state index < -0.39 is 0 Å². The predicted molar refractivity (Wildman–Crippen MR) is 49.9 cm³/mol. The summed E-state index contributed by atoms with van der Waals surface area (Å²) in [5.41, 5.74) is 6.94. The summed E-state index contributed by atoms with van der Waals surface area (Å²) in [6.07, 6.45) is 8.42. The maximum absolute atomic E-state index is 5.76. The van der Waals surface area contributed by atoms with Gasteiger partial charge in [0.1, 0.15) is 6.17 Å². The molecule has 2 rings (SSSR count). The van der Waals surface area contributed by atoms with Gasteiger partial charge < -0.3 is 10.6 Å². The summed E-state index contributed by atoms with van der Waals surface area (Å²) >= 11 is 0. The van der Waals surface area contributed by atoms with Gasteiger partial charge in [-0.15, -0.1) is 0 Å². The Bertz CT molecular complexity index is 263. The van der Waals surface area contributed by atoms with Crippen LogP contribution in [0, 0.1) is 0 Å². The molecule has 2 atom stereocenters. The molecule has 0 saturated heterocycles. The summed E-state index contributed by atoms with van der Waals surface area (Å²) < 4.78 is 0. The van der Waals surface area contributed by atoms with Gasteiger partial charge in [-0.2, -0.15) is 0 Å². The lowest BCUT2D eigenvalue weighted by atomic mass is 10.1. The van der Waals surface area contributed by atoms with E-state index in [9.17, 15) is 0 Å². The van der Waals surface area contributed by atoms with Gasteiger partial charge in [-0.3, -0.25) is 4.99 Å². The maximum atomic E-state index is 5.76. The van der Waals surface area contributed by atoms with Crippen LogP contribution in [0.1, 0.15) is 6.92 Å². The Balaban J connectivity index is 2.18. The number of nitrogens with zero attached hydrogens (tertiary/aromatic N) is 2. The highest BCUT2D eigenvalue weighted by Crippen LogP contribution is 2.18. The Morgan fingerprint density at radius 1 is 1.75 bits per heavy atom. The third kappa shape index (κ3) is 1.16. The monoisotopic (exact) mass is 163 g/mol. The molecule has 2 N–H and O–H groups in total. The van der Waals surface area contributed by atoms with Gasteiger partial charge >= 0.3 is 0 Å². The summed E-state index contributed by atoms with van der Waals surface area (Å²) in [6, 6.07) is 0.114. The fourth-order valence-electron chi connectivity index (χ4n) is 1.43. The number of hydrogen-bond donors (Lipinski definition) is 1. The molecule has 0 bridgehead atoms. The van der Waals surface area contributed by atoms with Crippen LogP contribution in [-0.4, -0.2) is 29.9 Å². The molecule has 12 heavy (non-hydrogen) atoms. The van der Waals surface area contributed by atoms with E-state index in [4.69, 9.17) is 5.73 Å². The minimum absolute atomic E-state index is 0.114. The van der Waals surface area contributed by atoms with Gasteiger partial charge in [0.2, 0.25) is 0 Å². The van der Waals surface area contributed by atoms with Crippen LogP contribution < -0.4 is 5.73 Å². The van der Waals surface area contributed by atoms with E-state index in [1.165, 1.54) is 5.57 Å². The first kappa shape index (κ1) is 7.55. The molecule has 2 heterocycles. The highest BCUT2D eigenvalue weighted by atomic mass is 15.3. The Labute approximate surface area is 72.3 Å². The molecule has 0 aromatic heterocycles. The van der Waals surface area contributed by atoms with E-state index in [1.807, 2.05) is 13.1 Å². The Morgan fingerprint density at radius 2 is 2.58 bits per heavy atom. The van der Waals surface area contributed by atoms with Gasteiger partial charge in [0.15, 0.2) is 0 Å². The second kappa shape index (κ2) is 2.75. The van der Waals surface area contributed by atoms with E-state index in [1.54, 1.807) is 0 Å². The van der Waals surface area contributed by atoms with E-state index >= 15 is 0 Å². The van der Waals surface area contributed by atoms with Gasteiger partial charge in [-0.25, -0.2) is 0 Å². The third-order valence-corrected chi connectivity index (χ3v) is 2.19. The number of fused-ring (bicyclic) bond motifs is 1. The molecule has 0 spiro atoms. The second-order valence-corrected chi connectivity index (χ2v) is 3.22. The number of aliphatic imine (C=N–C) groups is 1. The van der Waals surface area contributed by atoms with Crippen molar-refractivity contribution >= 4 is 6.21 Å². The van der Waals surface area contributed by atoms with Crippen molar-refractivity contribution in [3.8, 4) is 0 Å². The first-order chi connectivity index (χ1) is 5.77. The largest absolute Gasteiger partial charge is 0.347 e. The molecule has 64 valence electrons. The highest BCUT2D eigenvalue weighted by molar-refractivity contribution is 5.63. The van der Waals surface area contributed by atoms with E-state index in [0.717, 1.165) is 6.54 Å². The number of nitrogens with two attached hydrogens (primary N) is 1. The normalized spacial score (nSPS) is 28.7. The van der Waals surface area contributed by atoms with Crippen LogP contribution in [0.15, 0.2) is 28.9 Å². The Morgan fingerprint density at radius 3 is 3.33 bits per heavy atom. The van der Waals surface area contributed by atoms with E-state index in [0.29, 0.717) is 0 Å². The topological polar surface area (TPSA) is 41.6 Å². The first-order valence-corrected chi connectivity index (χ1v) is 4.20. The highest BCUT2D eigenvalue weighted by Gasteiger charge is 2.19. The summed E-state index contributed by atoms with van der Waals surface area (Å²) in [5.74, 6) is 0. The molecular weight excluding hydrogens is 150 g/mol. The quantitative estimate of drug-likeness (QED) is 0.611.